The lowest BCUT2D eigenvalue weighted by molar-refractivity contribution is -0.139. The van der Waals surface area contributed by atoms with Crippen LogP contribution in [0.25, 0.3) is 0 Å². The average Bonchev–Trinajstić information content (AvgIpc) is 2.63. The Bertz CT molecular complexity index is 388. The van der Waals surface area contributed by atoms with Gasteiger partial charge in [-0.2, -0.15) is 0 Å². The highest BCUT2D eigenvalue weighted by Crippen LogP contribution is 2.02. The minimum absolute atomic E-state index is 0.154. The number of aryl methyl sites for hydroxylation is 1. The van der Waals surface area contributed by atoms with Gasteiger partial charge in [-0.3, -0.25) is 0 Å². The first-order valence-corrected chi connectivity index (χ1v) is 4.57. The lowest BCUT2D eigenvalue weighted by atomic mass is 10.1. The molecule has 16 heavy (non-hydrogen) atoms. The van der Waals surface area contributed by atoms with E-state index in [9.17, 15) is 9.59 Å². The van der Waals surface area contributed by atoms with Crippen molar-refractivity contribution in [1.82, 2.24) is 14.9 Å². The molecule has 1 heterocycles. The standard InChI is InChI=1S/C9H13N3O4/c1-12-5-10-4-6(12)3-7(8(13)14)11-9(15)16-2/h4-5,7H,3H2,1-2H3,(H,11,15)(H,13,14)/t7-/m0/s1. The van der Waals surface area contributed by atoms with Crippen LogP contribution in [0.5, 0.6) is 0 Å². The summed E-state index contributed by atoms with van der Waals surface area (Å²) >= 11 is 0. The van der Waals surface area contributed by atoms with Gasteiger partial charge in [-0.15, -0.1) is 0 Å². The second-order valence-corrected chi connectivity index (χ2v) is 3.23. The van der Waals surface area contributed by atoms with Crippen LogP contribution < -0.4 is 5.32 Å². The van der Waals surface area contributed by atoms with E-state index in [4.69, 9.17) is 5.11 Å². The predicted molar refractivity (Wildman–Crippen MR) is 53.9 cm³/mol. The summed E-state index contributed by atoms with van der Waals surface area (Å²) in [7, 11) is 2.93. The molecule has 0 unspecified atom stereocenters. The van der Waals surface area contributed by atoms with E-state index in [1.165, 1.54) is 7.11 Å². The largest absolute Gasteiger partial charge is 0.480 e. The number of carboxylic acids is 1. The molecule has 7 heteroatoms. The van der Waals surface area contributed by atoms with Crippen molar-refractivity contribution in [3.63, 3.8) is 0 Å². The molecule has 88 valence electrons. The maximum absolute atomic E-state index is 10.9. The Balaban J connectivity index is 2.69. The number of aromatic nitrogens is 2. The monoisotopic (exact) mass is 227 g/mol. The molecule has 0 aliphatic rings. The number of carbonyl (C=O) groups excluding carboxylic acids is 1. The van der Waals surface area contributed by atoms with Crippen LogP contribution in [-0.2, 0) is 23.0 Å². The van der Waals surface area contributed by atoms with Crippen LogP contribution in [0.3, 0.4) is 0 Å². The van der Waals surface area contributed by atoms with Crippen molar-refractivity contribution < 1.29 is 19.4 Å². The van der Waals surface area contributed by atoms with E-state index < -0.39 is 18.1 Å². The molecule has 0 aliphatic heterocycles. The molecule has 0 bridgehead atoms. The van der Waals surface area contributed by atoms with Crippen LogP contribution in [-0.4, -0.2) is 39.9 Å². The second kappa shape index (κ2) is 5.15. The first-order valence-electron chi connectivity index (χ1n) is 4.57. The van der Waals surface area contributed by atoms with Crippen molar-refractivity contribution in [3.8, 4) is 0 Å². The first-order chi connectivity index (χ1) is 7.54. The molecule has 0 fully saturated rings. The minimum atomic E-state index is -1.12. The van der Waals surface area contributed by atoms with Crippen LogP contribution in [0.2, 0.25) is 0 Å². The highest BCUT2D eigenvalue weighted by Gasteiger charge is 2.21. The van der Waals surface area contributed by atoms with Gasteiger partial charge in [0.05, 0.1) is 13.4 Å². The van der Waals surface area contributed by atoms with Gasteiger partial charge in [0, 0.05) is 25.4 Å². The van der Waals surface area contributed by atoms with Gasteiger partial charge in [-0.25, -0.2) is 14.6 Å². The van der Waals surface area contributed by atoms with E-state index in [1.54, 1.807) is 24.1 Å². The number of carboxylic acid groups (broad SMARTS) is 1. The van der Waals surface area contributed by atoms with Crippen LogP contribution in [0, 0.1) is 0 Å². The molecule has 1 aromatic rings. The molecule has 1 rings (SSSR count). The molecular formula is C9H13N3O4. The maximum Gasteiger partial charge on any atom is 0.407 e. The van der Waals surface area contributed by atoms with E-state index in [0.717, 1.165) is 0 Å². The third kappa shape index (κ3) is 2.97. The van der Waals surface area contributed by atoms with Gasteiger partial charge in [0.15, 0.2) is 0 Å². The minimum Gasteiger partial charge on any atom is -0.480 e. The summed E-state index contributed by atoms with van der Waals surface area (Å²) in [5.41, 5.74) is 0.712. The van der Waals surface area contributed by atoms with E-state index in [2.05, 4.69) is 15.0 Å². The molecular weight excluding hydrogens is 214 g/mol. The molecule has 1 amide bonds. The Morgan fingerprint density at radius 2 is 2.38 bits per heavy atom. The number of hydrogen-bond donors (Lipinski definition) is 2. The third-order valence-electron chi connectivity index (χ3n) is 2.11. The quantitative estimate of drug-likeness (QED) is 0.741. The fourth-order valence-corrected chi connectivity index (χ4v) is 1.19. The van der Waals surface area contributed by atoms with Gasteiger partial charge >= 0.3 is 12.1 Å². The number of amides is 1. The van der Waals surface area contributed by atoms with Crippen LogP contribution >= 0.6 is 0 Å². The molecule has 0 aliphatic carbocycles. The number of alkyl carbamates (subject to hydrolysis) is 1. The lowest BCUT2D eigenvalue weighted by Crippen LogP contribution is -2.42. The molecule has 1 atom stereocenters. The van der Waals surface area contributed by atoms with Gasteiger partial charge in [-0.05, 0) is 0 Å². The summed E-state index contributed by atoms with van der Waals surface area (Å²) in [6.45, 7) is 0. The summed E-state index contributed by atoms with van der Waals surface area (Å²) in [5, 5.41) is 11.1. The average molecular weight is 227 g/mol. The van der Waals surface area contributed by atoms with Crippen LogP contribution in [0.4, 0.5) is 4.79 Å². The molecule has 1 aromatic heterocycles. The number of rotatable bonds is 4. The number of hydrogen-bond acceptors (Lipinski definition) is 4. The van der Waals surface area contributed by atoms with Crippen molar-refractivity contribution >= 4 is 12.1 Å². The Morgan fingerprint density at radius 3 is 2.81 bits per heavy atom. The molecule has 0 aromatic carbocycles. The molecule has 2 N–H and O–H groups in total. The molecule has 7 nitrogen and oxygen atoms in total. The Hall–Kier alpha value is -2.05. The fourth-order valence-electron chi connectivity index (χ4n) is 1.19. The van der Waals surface area contributed by atoms with Crippen molar-refractivity contribution in [2.75, 3.05) is 7.11 Å². The Morgan fingerprint density at radius 1 is 1.69 bits per heavy atom. The highest BCUT2D eigenvalue weighted by molar-refractivity contribution is 5.80. The van der Waals surface area contributed by atoms with Gasteiger partial charge < -0.3 is 19.7 Å². The fraction of sp³-hybridized carbons (Fsp3) is 0.444. The first kappa shape index (κ1) is 12.0. The topological polar surface area (TPSA) is 93.5 Å². The second-order valence-electron chi connectivity index (χ2n) is 3.23. The van der Waals surface area contributed by atoms with E-state index >= 15 is 0 Å². The zero-order valence-electron chi connectivity index (χ0n) is 9.01. The van der Waals surface area contributed by atoms with Gasteiger partial charge in [0.2, 0.25) is 0 Å². The number of nitrogens with zero attached hydrogens (tertiary/aromatic N) is 2. The smallest absolute Gasteiger partial charge is 0.407 e. The SMILES string of the molecule is COC(=O)N[C@@H](Cc1cncn1C)C(=O)O. The summed E-state index contributed by atoms with van der Waals surface area (Å²) < 4.78 is 6.03. The van der Waals surface area contributed by atoms with Crippen molar-refractivity contribution in [2.24, 2.45) is 7.05 Å². The van der Waals surface area contributed by atoms with Crippen molar-refractivity contribution in [3.05, 3.63) is 18.2 Å². The lowest BCUT2D eigenvalue weighted by Gasteiger charge is -2.13. The summed E-state index contributed by atoms with van der Waals surface area (Å²) in [6, 6.07) is -1.03. The Kier molecular flexibility index (Phi) is 3.87. The summed E-state index contributed by atoms with van der Waals surface area (Å²) in [4.78, 5) is 25.7. The third-order valence-corrected chi connectivity index (χ3v) is 2.11. The van der Waals surface area contributed by atoms with Crippen molar-refractivity contribution in [1.29, 1.82) is 0 Å². The molecule has 0 spiro atoms. The number of methoxy groups -OCH3 is 1. The van der Waals surface area contributed by atoms with Gasteiger partial charge in [0.25, 0.3) is 0 Å². The molecule has 0 saturated carbocycles. The number of ether oxygens (including phenoxy) is 1. The normalized spacial score (nSPS) is 11.9. The van der Waals surface area contributed by atoms with E-state index in [-0.39, 0.29) is 6.42 Å². The van der Waals surface area contributed by atoms with Crippen LogP contribution in [0.1, 0.15) is 5.69 Å². The number of carbonyl (C=O) groups is 2. The van der Waals surface area contributed by atoms with Crippen LogP contribution in [0.15, 0.2) is 12.5 Å². The number of aliphatic carboxylic acids is 1. The summed E-state index contributed by atoms with van der Waals surface area (Å²) in [5.74, 6) is -1.12. The highest BCUT2D eigenvalue weighted by atomic mass is 16.5. The zero-order chi connectivity index (χ0) is 12.1. The van der Waals surface area contributed by atoms with Gasteiger partial charge in [-0.1, -0.05) is 0 Å². The van der Waals surface area contributed by atoms with Crippen molar-refractivity contribution in [2.45, 2.75) is 12.5 Å². The van der Waals surface area contributed by atoms with E-state index in [1.807, 2.05) is 0 Å². The van der Waals surface area contributed by atoms with Gasteiger partial charge in [0.1, 0.15) is 6.04 Å². The maximum atomic E-state index is 10.9. The number of nitrogens with one attached hydrogen (secondary N) is 1. The predicted octanol–water partition coefficient (Wildman–Crippen LogP) is -0.228. The Labute approximate surface area is 92.0 Å². The number of imidazole rings is 1. The molecule has 0 saturated heterocycles. The molecule has 0 radical (unpaired) electrons. The summed E-state index contributed by atoms with van der Waals surface area (Å²) in [6.07, 6.45) is 2.50. The zero-order valence-corrected chi connectivity index (χ0v) is 9.01. The van der Waals surface area contributed by atoms with E-state index in [0.29, 0.717) is 5.69 Å².